The van der Waals surface area contributed by atoms with Gasteiger partial charge in [0.15, 0.2) is 0 Å². The van der Waals surface area contributed by atoms with Gasteiger partial charge >= 0.3 is 0 Å². The minimum Gasteiger partial charge on any atom is -0.472 e. The lowest BCUT2D eigenvalue weighted by atomic mass is 9.92. The largest absolute Gasteiger partial charge is 0.472 e. The first kappa shape index (κ1) is 15.4. The standard InChI is InChI=1S/C21H20N2O3/c24-20(18-10-13-1-2-14(18)9-13)22-17-3-4-19-15(11-17)5-7-23(19)21(25)16-6-8-26-12-16/h1-4,6,8,11-14,18H,5,7,9-10H2,(H,22,24)/t13-,14-,18+/m0/s1. The fraction of sp³-hybridized carbons (Fsp3) is 0.333. The molecular formula is C21H20N2O3. The third kappa shape index (κ3) is 2.46. The number of allylic oxidation sites excluding steroid dienone is 2. The number of anilines is 2. The first-order valence-corrected chi connectivity index (χ1v) is 9.15. The highest BCUT2D eigenvalue weighted by molar-refractivity contribution is 6.07. The maximum absolute atomic E-state index is 12.6. The molecule has 1 N–H and O–H groups in total. The SMILES string of the molecule is O=C(Nc1ccc2c(c1)CCN2C(=O)c1ccoc1)[C@@H]1C[C@H]2C=C[C@H]1C2. The van der Waals surface area contributed by atoms with Crippen molar-refractivity contribution in [1.29, 1.82) is 0 Å². The topological polar surface area (TPSA) is 62.6 Å². The zero-order chi connectivity index (χ0) is 17.7. The highest BCUT2D eigenvalue weighted by Crippen LogP contribution is 2.44. The van der Waals surface area contributed by atoms with E-state index in [1.54, 1.807) is 11.0 Å². The van der Waals surface area contributed by atoms with Gasteiger partial charge in [-0.3, -0.25) is 9.59 Å². The third-order valence-corrected chi connectivity index (χ3v) is 5.87. The van der Waals surface area contributed by atoms with Gasteiger partial charge in [-0.25, -0.2) is 0 Å². The lowest BCUT2D eigenvalue weighted by molar-refractivity contribution is -0.120. The van der Waals surface area contributed by atoms with Crippen molar-refractivity contribution < 1.29 is 14.0 Å². The van der Waals surface area contributed by atoms with Crippen molar-refractivity contribution in [3.63, 3.8) is 0 Å². The van der Waals surface area contributed by atoms with Crippen LogP contribution in [0.1, 0.15) is 28.8 Å². The van der Waals surface area contributed by atoms with E-state index in [1.807, 2.05) is 18.2 Å². The molecule has 5 heteroatoms. The summed E-state index contributed by atoms with van der Waals surface area (Å²) in [6, 6.07) is 7.50. The Hall–Kier alpha value is -2.82. The Morgan fingerprint density at radius 2 is 2.08 bits per heavy atom. The molecule has 3 atom stereocenters. The minimum atomic E-state index is -0.0527. The zero-order valence-electron chi connectivity index (χ0n) is 14.4. The van der Waals surface area contributed by atoms with Crippen molar-refractivity contribution in [2.75, 3.05) is 16.8 Å². The van der Waals surface area contributed by atoms with Crippen molar-refractivity contribution in [3.05, 3.63) is 60.1 Å². The van der Waals surface area contributed by atoms with Crippen LogP contribution in [0, 0.1) is 17.8 Å². The molecular weight excluding hydrogens is 328 g/mol. The van der Waals surface area contributed by atoms with E-state index in [-0.39, 0.29) is 17.7 Å². The molecule has 5 rings (SSSR count). The number of fused-ring (bicyclic) bond motifs is 3. The van der Waals surface area contributed by atoms with Gasteiger partial charge in [0.25, 0.3) is 5.91 Å². The van der Waals surface area contributed by atoms with Crippen LogP contribution in [0.3, 0.4) is 0 Å². The van der Waals surface area contributed by atoms with Gasteiger partial charge in [0, 0.05) is 23.8 Å². The first-order valence-electron chi connectivity index (χ1n) is 9.15. The molecule has 2 heterocycles. The predicted molar refractivity (Wildman–Crippen MR) is 98.0 cm³/mol. The van der Waals surface area contributed by atoms with Crippen molar-refractivity contribution in [3.8, 4) is 0 Å². The average Bonchev–Trinajstić information content (AvgIpc) is 3.44. The van der Waals surface area contributed by atoms with Crippen LogP contribution in [0.4, 0.5) is 11.4 Å². The summed E-state index contributed by atoms with van der Waals surface area (Å²) in [4.78, 5) is 27.0. The van der Waals surface area contributed by atoms with E-state index in [2.05, 4.69) is 17.5 Å². The van der Waals surface area contributed by atoms with E-state index in [0.717, 1.165) is 36.2 Å². The second-order valence-electron chi connectivity index (χ2n) is 7.44. The summed E-state index contributed by atoms with van der Waals surface area (Å²) < 4.78 is 5.02. The van der Waals surface area contributed by atoms with E-state index in [1.165, 1.54) is 12.5 Å². The van der Waals surface area contributed by atoms with E-state index < -0.39 is 0 Å². The van der Waals surface area contributed by atoms with Crippen molar-refractivity contribution in [2.45, 2.75) is 19.3 Å². The normalized spacial score (nSPS) is 25.5. The van der Waals surface area contributed by atoms with Crippen molar-refractivity contribution >= 4 is 23.2 Å². The van der Waals surface area contributed by atoms with E-state index >= 15 is 0 Å². The summed E-state index contributed by atoms with van der Waals surface area (Å²) in [6.45, 7) is 0.647. The molecule has 2 bridgehead atoms. The molecule has 2 aromatic rings. The van der Waals surface area contributed by atoms with Gasteiger partial charge in [0.1, 0.15) is 6.26 Å². The molecule has 0 saturated heterocycles. The molecule has 1 aromatic carbocycles. The lowest BCUT2D eigenvalue weighted by Gasteiger charge is -2.19. The summed E-state index contributed by atoms with van der Waals surface area (Å²) in [5, 5.41) is 3.08. The van der Waals surface area contributed by atoms with E-state index in [9.17, 15) is 9.59 Å². The Balaban J connectivity index is 1.32. The van der Waals surface area contributed by atoms with Crippen LogP contribution >= 0.6 is 0 Å². The number of carbonyl (C=O) groups excluding carboxylic acids is 2. The van der Waals surface area contributed by atoms with E-state index in [0.29, 0.717) is 23.9 Å². The predicted octanol–water partition coefficient (Wildman–Crippen LogP) is 3.63. The summed E-state index contributed by atoms with van der Waals surface area (Å²) in [5.41, 5.74) is 3.38. The van der Waals surface area contributed by atoms with Gasteiger partial charge in [0.05, 0.1) is 11.8 Å². The molecule has 0 unspecified atom stereocenters. The monoisotopic (exact) mass is 348 g/mol. The quantitative estimate of drug-likeness (QED) is 0.862. The molecule has 1 aliphatic heterocycles. The molecule has 1 fully saturated rings. The number of furan rings is 1. The molecule has 0 spiro atoms. The number of rotatable bonds is 3. The number of amides is 2. The molecule has 3 aliphatic rings. The van der Waals surface area contributed by atoms with Crippen molar-refractivity contribution in [2.24, 2.45) is 17.8 Å². The Labute approximate surface area is 151 Å². The fourth-order valence-corrected chi connectivity index (χ4v) is 4.55. The number of hydrogen-bond donors (Lipinski definition) is 1. The molecule has 132 valence electrons. The number of nitrogens with zero attached hydrogens (tertiary/aromatic N) is 1. The number of nitrogens with one attached hydrogen (secondary N) is 1. The average molecular weight is 348 g/mol. The number of carbonyl (C=O) groups is 2. The number of benzene rings is 1. The maximum atomic E-state index is 12.6. The fourth-order valence-electron chi connectivity index (χ4n) is 4.55. The smallest absolute Gasteiger partial charge is 0.261 e. The van der Waals surface area contributed by atoms with Crippen LogP contribution in [0.15, 0.2) is 53.4 Å². The van der Waals surface area contributed by atoms with Crippen LogP contribution in [-0.4, -0.2) is 18.4 Å². The highest BCUT2D eigenvalue weighted by atomic mass is 16.3. The van der Waals surface area contributed by atoms with Crippen LogP contribution in [-0.2, 0) is 11.2 Å². The molecule has 2 amide bonds. The first-order chi connectivity index (χ1) is 12.7. The van der Waals surface area contributed by atoms with Crippen molar-refractivity contribution in [1.82, 2.24) is 0 Å². The maximum Gasteiger partial charge on any atom is 0.261 e. The second-order valence-corrected chi connectivity index (χ2v) is 7.44. The second kappa shape index (κ2) is 5.87. The zero-order valence-corrected chi connectivity index (χ0v) is 14.4. The summed E-state index contributed by atoms with van der Waals surface area (Å²) in [7, 11) is 0. The minimum absolute atomic E-state index is 0.0527. The Morgan fingerprint density at radius 3 is 2.81 bits per heavy atom. The summed E-state index contributed by atoms with van der Waals surface area (Å²) in [6.07, 6.45) is 10.3. The molecule has 1 aromatic heterocycles. The Morgan fingerprint density at radius 1 is 1.15 bits per heavy atom. The van der Waals surface area contributed by atoms with Crippen LogP contribution < -0.4 is 10.2 Å². The van der Waals surface area contributed by atoms with Crippen LogP contribution in [0.25, 0.3) is 0 Å². The molecule has 1 saturated carbocycles. The molecule has 0 radical (unpaired) electrons. The number of hydrogen-bond acceptors (Lipinski definition) is 3. The van der Waals surface area contributed by atoms with Gasteiger partial charge in [-0.05, 0) is 60.9 Å². The summed E-state index contributed by atoms with van der Waals surface area (Å²) >= 11 is 0. The molecule has 2 aliphatic carbocycles. The van der Waals surface area contributed by atoms with E-state index in [4.69, 9.17) is 4.42 Å². The lowest BCUT2D eigenvalue weighted by Crippen LogP contribution is -2.28. The molecule has 26 heavy (non-hydrogen) atoms. The highest BCUT2D eigenvalue weighted by Gasteiger charge is 2.39. The molecule has 5 nitrogen and oxygen atoms in total. The third-order valence-electron chi connectivity index (χ3n) is 5.87. The Kier molecular flexibility index (Phi) is 3.48. The van der Waals surface area contributed by atoms with Gasteiger partial charge in [-0.1, -0.05) is 12.2 Å². The van der Waals surface area contributed by atoms with Crippen LogP contribution in [0.5, 0.6) is 0 Å². The Bertz CT molecular complexity index is 900. The van der Waals surface area contributed by atoms with Gasteiger partial charge in [0.2, 0.25) is 5.91 Å². The summed E-state index contributed by atoms with van der Waals surface area (Å²) in [5.74, 6) is 1.14. The van der Waals surface area contributed by atoms with Gasteiger partial charge in [-0.15, -0.1) is 0 Å². The van der Waals surface area contributed by atoms with Crippen LogP contribution in [0.2, 0.25) is 0 Å². The van der Waals surface area contributed by atoms with Gasteiger partial charge in [-0.2, -0.15) is 0 Å². The van der Waals surface area contributed by atoms with Gasteiger partial charge < -0.3 is 14.6 Å².